The lowest BCUT2D eigenvalue weighted by molar-refractivity contribution is -0.152. The van der Waals surface area contributed by atoms with E-state index in [9.17, 15) is 15.0 Å². The van der Waals surface area contributed by atoms with Gasteiger partial charge in [-0.1, -0.05) is 64.8 Å². The highest BCUT2D eigenvalue weighted by Gasteiger charge is 2.56. The Morgan fingerprint density at radius 3 is 2.70 bits per heavy atom. The topological polar surface area (TPSA) is 95.4 Å². The number of fused-ring (bicyclic) bond motifs is 1. The highest BCUT2D eigenvalue weighted by atomic mass is 16.5. The van der Waals surface area contributed by atoms with E-state index in [1.165, 1.54) is 37.0 Å². The number of nitrogens with one attached hydrogen (secondary N) is 1. The number of H-pyrrole nitrogens is 1. The van der Waals surface area contributed by atoms with Gasteiger partial charge in [-0.3, -0.25) is 4.79 Å². The average Bonchev–Trinajstić information content (AvgIpc) is 3.52. The standard InChI is InChI=1S/C38H58N2O4/c1-6-8-12-35(43)44-34(38(20-21-38)36-39-24-29(40-36)10-7-2)18-13-25(3)31-16-17-32-27(11-9-19-37(31,32)5)14-15-28-22-30(41)23-33(42)26(28)4/h14-15,24-25,30-34,41-42H,4,6-13,16-23H2,1-3,5H3,(H,39,40)/t25-,30-,31-,32+,33+,34+,37-/m1/s1. The summed E-state index contributed by atoms with van der Waals surface area (Å²) in [6, 6.07) is 0. The van der Waals surface area contributed by atoms with Crippen LogP contribution >= 0.6 is 0 Å². The number of aliphatic hydroxyl groups excluding tert-OH is 2. The molecule has 4 fully saturated rings. The van der Waals surface area contributed by atoms with Crippen molar-refractivity contribution in [3.05, 3.63) is 53.2 Å². The van der Waals surface area contributed by atoms with Crippen LogP contribution in [-0.4, -0.2) is 44.5 Å². The molecule has 1 aromatic heterocycles. The molecule has 244 valence electrons. The van der Waals surface area contributed by atoms with Gasteiger partial charge in [0, 0.05) is 24.7 Å². The van der Waals surface area contributed by atoms with E-state index in [1.807, 2.05) is 6.20 Å². The minimum atomic E-state index is -0.646. The fourth-order valence-corrected chi connectivity index (χ4v) is 9.14. The molecule has 4 aliphatic rings. The van der Waals surface area contributed by atoms with Gasteiger partial charge in [-0.25, -0.2) is 4.98 Å². The highest BCUT2D eigenvalue weighted by molar-refractivity contribution is 5.69. The highest BCUT2D eigenvalue weighted by Crippen LogP contribution is 2.60. The Labute approximate surface area is 265 Å². The Morgan fingerprint density at radius 2 is 1.98 bits per heavy atom. The van der Waals surface area contributed by atoms with Crippen LogP contribution in [-0.2, 0) is 21.4 Å². The van der Waals surface area contributed by atoms with Crippen molar-refractivity contribution < 1.29 is 19.7 Å². The third kappa shape index (κ3) is 6.97. The monoisotopic (exact) mass is 606 g/mol. The molecule has 4 aliphatic carbocycles. The number of carbonyl (C=O) groups is 1. The zero-order valence-electron chi connectivity index (χ0n) is 27.9. The molecule has 0 spiro atoms. The number of imidazole rings is 1. The molecule has 5 rings (SSSR count). The summed E-state index contributed by atoms with van der Waals surface area (Å²) >= 11 is 0. The van der Waals surface area contributed by atoms with E-state index in [-0.39, 0.29) is 22.9 Å². The van der Waals surface area contributed by atoms with Gasteiger partial charge in [0.05, 0.1) is 17.6 Å². The molecule has 4 saturated carbocycles. The van der Waals surface area contributed by atoms with Gasteiger partial charge in [0.2, 0.25) is 0 Å². The zero-order chi connectivity index (χ0) is 31.5. The Hall–Kier alpha value is -2.18. The van der Waals surface area contributed by atoms with Gasteiger partial charge in [-0.15, -0.1) is 0 Å². The minimum absolute atomic E-state index is 0.0547. The number of hydrogen-bond donors (Lipinski definition) is 3. The predicted octanol–water partition coefficient (Wildman–Crippen LogP) is 8.05. The number of ether oxygens (including phenoxy) is 1. The van der Waals surface area contributed by atoms with Gasteiger partial charge in [-0.05, 0) is 111 Å². The maximum atomic E-state index is 12.9. The first kappa shape index (κ1) is 33.2. The van der Waals surface area contributed by atoms with Gasteiger partial charge < -0.3 is 19.9 Å². The van der Waals surface area contributed by atoms with Crippen LogP contribution in [0.2, 0.25) is 0 Å². The van der Waals surface area contributed by atoms with Crippen molar-refractivity contribution in [3.8, 4) is 0 Å². The number of rotatable bonds is 13. The van der Waals surface area contributed by atoms with Gasteiger partial charge in [0.15, 0.2) is 0 Å². The first-order valence-corrected chi connectivity index (χ1v) is 17.8. The van der Waals surface area contributed by atoms with Crippen LogP contribution in [0.3, 0.4) is 0 Å². The molecule has 1 heterocycles. The second-order valence-electron chi connectivity index (χ2n) is 15.0. The largest absolute Gasteiger partial charge is 0.461 e. The Bertz CT molecular complexity index is 1230. The lowest BCUT2D eigenvalue weighted by atomic mass is 9.60. The molecule has 3 N–H and O–H groups in total. The fraction of sp³-hybridized carbons (Fsp3) is 0.737. The van der Waals surface area contributed by atoms with Crippen molar-refractivity contribution in [2.45, 2.75) is 154 Å². The van der Waals surface area contributed by atoms with Crippen molar-refractivity contribution >= 4 is 5.97 Å². The molecule has 44 heavy (non-hydrogen) atoms. The molecule has 0 saturated heterocycles. The van der Waals surface area contributed by atoms with Crippen LogP contribution in [0.15, 0.2) is 41.6 Å². The van der Waals surface area contributed by atoms with Crippen LogP contribution in [0, 0.1) is 23.2 Å². The van der Waals surface area contributed by atoms with Crippen LogP contribution < -0.4 is 0 Å². The lowest BCUT2D eigenvalue weighted by Gasteiger charge is -2.44. The van der Waals surface area contributed by atoms with Crippen LogP contribution in [0.1, 0.15) is 136 Å². The fourth-order valence-electron chi connectivity index (χ4n) is 9.14. The summed E-state index contributed by atoms with van der Waals surface area (Å²) in [6.07, 6.45) is 20.6. The number of unbranched alkanes of at least 4 members (excludes halogenated alkanes) is 1. The van der Waals surface area contributed by atoms with Crippen LogP contribution in [0.25, 0.3) is 0 Å². The van der Waals surface area contributed by atoms with Crippen molar-refractivity contribution in [2.75, 3.05) is 0 Å². The van der Waals surface area contributed by atoms with E-state index in [0.29, 0.717) is 37.0 Å². The maximum Gasteiger partial charge on any atom is 0.306 e. The molecule has 0 aromatic carbocycles. The minimum Gasteiger partial charge on any atom is -0.461 e. The molecule has 1 aromatic rings. The van der Waals surface area contributed by atoms with E-state index in [2.05, 4.69) is 51.4 Å². The summed E-state index contributed by atoms with van der Waals surface area (Å²) in [4.78, 5) is 21.3. The molecular formula is C38H58N2O4. The number of aromatic amines is 1. The van der Waals surface area contributed by atoms with E-state index >= 15 is 0 Å². The molecule has 7 atom stereocenters. The number of esters is 1. The SMILES string of the molecule is C=C1C(=CC=C2CCC[C@]3(C)[C@@H]([C@H](C)CC[C@H](OC(=O)CCCC)C4(c5ncc(CCC)[nH]5)CC4)CC[C@@H]23)C[C@@H](O)C[C@@H]1O. The second kappa shape index (κ2) is 14.1. The lowest BCUT2D eigenvalue weighted by Crippen LogP contribution is -2.37. The quantitative estimate of drug-likeness (QED) is 0.198. The molecule has 0 radical (unpaired) electrons. The number of allylic oxidation sites excluding steroid dienone is 3. The van der Waals surface area contributed by atoms with Crippen molar-refractivity contribution in [3.63, 3.8) is 0 Å². The predicted molar refractivity (Wildman–Crippen MR) is 176 cm³/mol. The molecule has 0 amide bonds. The Balaban J connectivity index is 1.28. The second-order valence-corrected chi connectivity index (χ2v) is 15.0. The normalized spacial score (nSPS) is 32.9. The van der Waals surface area contributed by atoms with E-state index in [1.54, 1.807) is 0 Å². The summed E-state index contributed by atoms with van der Waals surface area (Å²) < 4.78 is 6.32. The first-order chi connectivity index (χ1) is 21.1. The molecule has 6 nitrogen and oxygen atoms in total. The smallest absolute Gasteiger partial charge is 0.306 e. The molecule has 6 heteroatoms. The van der Waals surface area contributed by atoms with E-state index in [0.717, 1.165) is 74.8 Å². The summed E-state index contributed by atoms with van der Waals surface area (Å²) in [5.74, 6) is 2.73. The van der Waals surface area contributed by atoms with Crippen molar-refractivity contribution in [1.82, 2.24) is 9.97 Å². The molecule has 0 aliphatic heterocycles. The van der Waals surface area contributed by atoms with Gasteiger partial charge >= 0.3 is 5.97 Å². The third-order valence-electron chi connectivity index (χ3n) is 11.9. The Kier molecular flexibility index (Phi) is 10.6. The Morgan fingerprint density at radius 1 is 1.18 bits per heavy atom. The van der Waals surface area contributed by atoms with Crippen LogP contribution in [0.4, 0.5) is 0 Å². The van der Waals surface area contributed by atoms with E-state index in [4.69, 9.17) is 9.72 Å². The maximum absolute atomic E-state index is 12.9. The zero-order valence-corrected chi connectivity index (χ0v) is 27.9. The first-order valence-electron chi connectivity index (χ1n) is 17.8. The number of carbonyl (C=O) groups excluding carboxylic acids is 1. The summed E-state index contributed by atoms with van der Waals surface area (Å²) in [5.41, 5.74) is 4.58. The number of nitrogens with zero attached hydrogens (tertiary/aromatic N) is 1. The summed E-state index contributed by atoms with van der Waals surface area (Å²) in [6.45, 7) is 13.4. The van der Waals surface area contributed by atoms with Crippen LogP contribution in [0.5, 0.6) is 0 Å². The third-order valence-corrected chi connectivity index (χ3v) is 11.9. The number of aliphatic hydroxyl groups is 2. The van der Waals surface area contributed by atoms with Gasteiger partial charge in [0.25, 0.3) is 0 Å². The number of aromatic nitrogens is 2. The molecular weight excluding hydrogens is 548 g/mol. The molecule has 0 unspecified atom stereocenters. The van der Waals surface area contributed by atoms with Gasteiger partial charge in [-0.2, -0.15) is 0 Å². The summed E-state index contributed by atoms with van der Waals surface area (Å²) in [5, 5.41) is 20.5. The summed E-state index contributed by atoms with van der Waals surface area (Å²) in [7, 11) is 0. The van der Waals surface area contributed by atoms with Crippen molar-refractivity contribution in [1.29, 1.82) is 0 Å². The van der Waals surface area contributed by atoms with Crippen molar-refractivity contribution in [2.24, 2.45) is 23.2 Å². The number of aryl methyl sites for hydroxylation is 1. The molecule has 0 bridgehead atoms. The van der Waals surface area contributed by atoms with E-state index < -0.39 is 12.2 Å². The number of hydrogen-bond acceptors (Lipinski definition) is 5. The average molecular weight is 607 g/mol. The van der Waals surface area contributed by atoms with Gasteiger partial charge in [0.1, 0.15) is 11.9 Å².